The second kappa shape index (κ2) is 21.7. The van der Waals surface area contributed by atoms with Crippen LogP contribution in [0.5, 0.6) is 11.5 Å². The molecule has 0 fully saturated rings. The van der Waals surface area contributed by atoms with Gasteiger partial charge in [-0.1, -0.05) is 18.2 Å². The summed E-state index contributed by atoms with van der Waals surface area (Å²) in [6.45, 7) is 2.40. The van der Waals surface area contributed by atoms with Crippen molar-refractivity contribution in [2.24, 2.45) is 25.6 Å². The number of hydrogen-bond donors (Lipinski definition) is 7. The molecule has 0 aliphatic carbocycles. The number of amides is 2. The van der Waals surface area contributed by atoms with Gasteiger partial charge < -0.3 is 31.1 Å². The number of nitro groups is 2. The van der Waals surface area contributed by atoms with Gasteiger partial charge in [-0.15, -0.1) is 20.5 Å². The number of carbonyl (C=O) groups excluding carboxylic acids is 2. The smallest absolute Gasteiger partial charge is 0.510 e. The molecule has 0 saturated carbocycles. The Bertz CT molecular complexity index is 2320. The van der Waals surface area contributed by atoms with Gasteiger partial charge in [0.1, 0.15) is 34.4 Å². The molecule has 8 N–H and O–H groups in total. The molecular formula is C32H29CoN9NaO12S+. The number of anilines is 2. The van der Waals surface area contributed by atoms with E-state index in [1.165, 1.54) is 31.2 Å². The van der Waals surface area contributed by atoms with E-state index in [2.05, 4.69) is 31.1 Å². The van der Waals surface area contributed by atoms with Crippen LogP contribution in [0.25, 0.3) is 0 Å². The van der Waals surface area contributed by atoms with Gasteiger partial charge in [-0.3, -0.25) is 29.8 Å². The summed E-state index contributed by atoms with van der Waals surface area (Å²) in [5, 5.41) is 84.5. The Morgan fingerprint density at radius 2 is 1.05 bits per heavy atom. The van der Waals surface area contributed by atoms with Crippen LogP contribution >= 0.6 is 0 Å². The quantitative estimate of drug-likeness (QED) is 0.0286. The molecule has 56 heavy (non-hydrogen) atoms. The van der Waals surface area contributed by atoms with Crippen LogP contribution in [0.1, 0.15) is 13.8 Å². The number of aliphatic hydroxyl groups is 2. The fourth-order valence-corrected chi connectivity index (χ4v) is 4.33. The summed E-state index contributed by atoms with van der Waals surface area (Å²) >= 11 is 0. The third-order valence-corrected chi connectivity index (χ3v) is 7.37. The number of hydrogen-bond acceptors (Lipinski definition) is 16. The summed E-state index contributed by atoms with van der Waals surface area (Å²) < 4.78 is 22.5. The van der Waals surface area contributed by atoms with Crippen molar-refractivity contribution in [2.45, 2.75) is 18.7 Å². The summed E-state index contributed by atoms with van der Waals surface area (Å²) in [6, 6.07) is 19.6. The number of para-hydroxylation sites is 1. The van der Waals surface area contributed by atoms with E-state index in [1.54, 1.807) is 30.3 Å². The number of nitrogens with one attached hydrogen (secondary N) is 2. The summed E-state index contributed by atoms with van der Waals surface area (Å²) in [7, 11) is -3.90. The SMILES string of the molecule is C/C(O)=C(/N=Nc1cc([N+](=O)[O-])ccc1O)C(=O)Nc1ccc(S(N)(=O)=O)cc1.C/C(O)=C(/N=Nc1cc([N+](=O)[O-])ccc1O)C(=O)Nc1ccccc1.[Co].[Na+]. The van der Waals surface area contributed by atoms with Crippen LogP contribution < -0.4 is 45.3 Å². The van der Waals surface area contributed by atoms with E-state index in [9.17, 15) is 58.7 Å². The fourth-order valence-electron chi connectivity index (χ4n) is 3.81. The number of rotatable bonds is 11. The molecule has 0 atom stereocenters. The third-order valence-electron chi connectivity index (χ3n) is 6.44. The minimum atomic E-state index is -3.90. The molecule has 1 radical (unpaired) electrons. The van der Waals surface area contributed by atoms with E-state index in [0.29, 0.717) is 5.69 Å². The van der Waals surface area contributed by atoms with Crippen molar-refractivity contribution in [3.63, 3.8) is 0 Å². The molecule has 0 unspecified atom stereocenters. The average Bonchev–Trinajstić information content (AvgIpc) is 3.10. The molecule has 0 aliphatic heterocycles. The Labute approximate surface area is 349 Å². The van der Waals surface area contributed by atoms with Crippen LogP contribution in [0.4, 0.5) is 34.1 Å². The molecule has 0 spiro atoms. The molecule has 4 aromatic rings. The molecule has 289 valence electrons. The number of phenols is 2. The van der Waals surface area contributed by atoms with E-state index in [4.69, 9.17) is 5.14 Å². The third kappa shape index (κ3) is 14.3. The van der Waals surface area contributed by atoms with E-state index in [1.807, 2.05) is 0 Å². The van der Waals surface area contributed by atoms with Gasteiger partial charge in [0, 0.05) is 52.4 Å². The van der Waals surface area contributed by atoms with Gasteiger partial charge in [0.05, 0.1) is 14.7 Å². The Morgan fingerprint density at radius 3 is 1.39 bits per heavy atom. The first-order valence-corrected chi connectivity index (χ1v) is 16.3. The number of phenolic OH excluding ortho intramolecular Hbond substituents is 2. The van der Waals surface area contributed by atoms with Crippen molar-refractivity contribution < 1.29 is 94.6 Å². The molecule has 0 aliphatic rings. The maximum Gasteiger partial charge on any atom is 1.00 e. The molecule has 2 amide bonds. The molecule has 0 heterocycles. The van der Waals surface area contributed by atoms with Crippen molar-refractivity contribution in [3.05, 3.63) is 134 Å². The summed E-state index contributed by atoms with van der Waals surface area (Å²) in [5.74, 6) is -3.32. The van der Waals surface area contributed by atoms with Crippen LogP contribution in [-0.4, -0.2) is 50.5 Å². The second-order valence-electron chi connectivity index (χ2n) is 10.5. The van der Waals surface area contributed by atoms with Gasteiger partial charge >= 0.3 is 29.6 Å². The summed E-state index contributed by atoms with van der Waals surface area (Å²) in [4.78, 5) is 44.5. The number of aliphatic hydroxyl groups excluding tert-OH is 2. The van der Waals surface area contributed by atoms with Gasteiger partial charge in [-0.05, 0) is 62.4 Å². The molecular weight excluding hydrogens is 816 g/mol. The average molecular weight is 846 g/mol. The maximum absolute atomic E-state index is 12.3. The van der Waals surface area contributed by atoms with E-state index < -0.39 is 60.3 Å². The van der Waals surface area contributed by atoms with Gasteiger partial charge in [0.15, 0.2) is 11.4 Å². The number of non-ortho nitro benzene ring substituents is 2. The molecule has 4 aromatic carbocycles. The first kappa shape index (κ1) is 47.9. The van der Waals surface area contributed by atoms with Crippen molar-refractivity contribution in [3.8, 4) is 11.5 Å². The number of sulfonamides is 1. The summed E-state index contributed by atoms with van der Waals surface area (Å²) in [5.41, 5.74) is -1.42. The van der Waals surface area contributed by atoms with Crippen LogP contribution in [0, 0.1) is 20.2 Å². The molecule has 0 saturated heterocycles. The normalized spacial score (nSPS) is 11.8. The number of azo groups is 2. The molecule has 21 nitrogen and oxygen atoms in total. The fraction of sp³-hybridized carbons (Fsp3) is 0.0625. The number of nitrogens with zero attached hydrogens (tertiary/aromatic N) is 6. The molecule has 24 heteroatoms. The van der Waals surface area contributed by atoms with E-state index in [-0.39, 0.29) is 85.4 Å². The number of primary sulfonamides is 1. The van der Waals surface area contributed by atoms with Crippen molar-refractivity contribution in [1.29, 1.82) is 0 Å². The standard InChI is InChI=1S/C16H15N5O7S.C16H14N4O5.Co.Na/c1-9(22)15(20-19-13-8-11(21(25)26)4-7-14(13)23)16(24)18-10-2-5-12(6-3-10)29(17,27)28;1-10(21)15(16(23)17-11-5-3-2-4-6-11)19-18-13-9-12(20(24)25)7-8-14(13)22;;/h2-8,22-23H,1H3,(H,18,24)(H2,17,27,28);2-9,21-22H,1H3,(H,17,23);;/q;;;+1/b15-9-,20-19?;15-10-,19-18?;;. The zero-order valence-electron chi connectivity index (χ0n) is 29.2. The minimum absolute atomic E-state index is 0. The zero-order valence-corrected chi connectivity index (χ0v) is 33.1. The first-order chi connectivity index (χ1) is 25.4. The van der Waals surface area contributed by atoms with E-state index in [0.717, 1.165) is 43.3 Å². The Kier molecular flexibility index (Phi) is 18.6. The minimum Gasteiger partial charge on any atom is -0.510 e. The predicted octanol–water partition coefficient (Wildman–Crippen LogP) is 3.27. The van der Waals surface area contributed by atoms with Crippen LogP contribution in [0.2, 0.25) is 0 Å². The van der Waals surface area contributed by atoms with Gasteiger partial charge in [0.25, 0.3) is 23.2 Å². The largest absolute Gasteiger partial charge is 1.00 e. The Hall–Kier alpha value is -6.08. The number of benzene rings is 4. The van der Waals surface area contributed by atoms with Gasteiger partial charge in [-0.25, -0.2) is 13.6 Å². The number of allylic oxidation sites excluding steroid dienone is 2. The second-order valence-corrected chi connectivity index (χ2v) is 12.0. The summed E-state index contributed by atoms with van der Waals surface area (Å²) in [6.07, 6.45) is 0. The topological polar surface area (TPSA) is 335 Å². The van der Waals surface area contributed by atoms with Gasteiger partial charge in [0.2, 0.25) is 10.0 Å². The van der Waals surface area contributed by atoms with Crippen LogP contribution in [-0.2, 0) is 36.4 Å². The number of aromatic hydroxyl groups is 2. The molecule has 0 bridgehead atoms. The predicted molar refractivity (Wildman–Crippen MR) is 191 cm³/mol. The molecule has 4 rings (SSSR count). The number of nitro benzene ring substituents is 2. The van der Waals surface area contributed by atoms with Crippen molar-refractivity contribution in [2.75, 3.05) is 10.6 Å². The van der Waals surface area contributed by atoms with Crippen LogP contribution in [0.3, 0.4) is 0 Å². The monoisotopic (exact) mass is 845 g/mol. The van der Waals surface area contributed by atoms with Crippen LogP contribution in [0.15, 0.2) is 139 Å². The Balaban J connectivity index is 0.000000546. The zero-order chi connectivity index (χ0) is 40.2. The van der Waals surface area contributed by atoms with E-state index >= 15 is 0 Å². The molecule has 0 aromatic heterocycles. The number of carbonyl (C=O) groups is 2. The van der Waals surface area contributed by atoms with Crippen molar-refractivity contribution in [1.82, 2.24) is 0 Å². The van der Waals surface area contributed by atoms with Crippen molar-refractivity contribution >= 4 is 56.0 Å². The number of nitrogens with two attached hydrogens (primary N) is 1. The Morgan fingerprint density at radius 1 is 0.679 bits per heavy atom. The van der Waals surface area contributed by atoms with Gasteiger partial charge in [-0.2, -0.15) is 0 Å². The first-order valence-electron chi connectivity index (χ1n) is 14.8. The maximum atomic E-state index is 12.3.